The maximum Gasteiger partial charge on any atom is 0.229 e. The number of thiazole rings is 1. The molecule has 1 unspecified atom stereocenters. The molecule has 4 rings (SSSR count). The molecule has 1 aromatic carbocycles. The van der Waals surface area contributed by atoms with E-state index in [1.165, 1.54) is 0 Å². The van der Waals surface area contributed by atoms with E-state index in [9.17, 15) is 9.59 Å². The van der Waals surface area contributed by atoms with Crippen LogP contribution >= 0.6 is 11.3 Å². The van der Waals surface area contributed by atoms with Crippen LogP contribution in [-0.2, 0) is 16.1 Å². The Kier molecular flexibility index (Phi) is 4.93. The molecule has 1 N–H and O–H groups in total. The van der Waals surface area contributed by atoms with Crippen LogP contribution in [0, 0.1) is 5.92 Å². The van der Waals surface area contributed by atoms with Gasteiger partial charge in [0.15, 0.2) is 0 Å². The fourth-order valence-corrected chi connectivity index (χ4v) is 3.74. The van der Waals surface area contributed by atoms with Crippen LogP contribution in [0.5, 0.6) is 0 Å². The quantitative estimate of drug-likeness (QED) is 0.740. The van der Waals surface area contributed by atoms with Gasteiger partial charge in [-0.25, -0.2) is 4.98 Å². The van der Waals surface area contributed by atoms with Crippen molar-refractivity contribution in [2.24, 2.45) is 5.92 Å². The lowest BCUT2D eigenvalue weighted by Gasteiger charge is -2.16. The summed E-state index contributed by atoms with van der Waals surface area (Å²) in [6.07, 6.45) is 3.70. The molecule has 0 saturated carbocycles. The SMILES string of the molecule is O=C(Nc1ccc(-c2nccs2)cc1)C1CC(=O)N(Cc2ccccn2)C1. The smallest absolute Gasteiger partial charge is 0.229 e. The van der Waals surface area contributed by atoms with E-state index < -0.39 is 0 Å². The number of carbonyl (C=O) groups excluding carboxylic acids is 2. The third-order valence-electron chi connectivity index (χ3n) is 4.50. The first kappa shape index (κ1) is 17.4. The van der Waals surface area contributed by atoms with Gasteiger partial charge in [0.05, 0.1) is 18.2 Å². The van der Waals surface area contributed by atoms with Crippen molar-refractivity contribution in [3.05, 3.63) is 65.9 Å². The van der Waals surface area contributed by atoms with Gasteiger partial charge in [-0.3, -0.25) is 14.6 Å². The van der Waals surface area contributed by atoms with Gasteiger partial charge in [0.1, 0.15) is 5.01 Å². The van der Waals surface area contributed by atoms with Crippen molar-refractivity contribution in [3.63, 3.8) is 0 Å². The Bertz CT molecular complexity index is 926. The minimum atomic E-state index is -0.347. The molecule has 1 fully saturated rings. The summed E-state index contributed by atoms with van der Waals surface area (Å²) >= 11 is 1.57. The predicted octanol–water partition coefficient (Wildman–Crippen LogP) is 3.19. The van der Waals surface area contributed by atoms with Crippen molar-refractivity contribution in [2.45, 2.75) is 13.0 Å². The predicted molar refractivity (Wildman–Crippen MR) is 104 cm³/mol. The molecule has 1 aliphatic rings. The monoisotopic (exact) mass is 378 g/mol. The summed E-state index contributed by atoms with van der Waals surface area (Å²) < 4.78 is 0. The van der Waals surface area contributed by atoms with Crippen molar-refractivity contribution in [1.29, 1.82) is 0 Å². The van der Waals surface area contributed by atoms with Crippen molar-refractivity contribution < 1.29 is 9.59 Å². The molecule has 27 heavy (non-hydrogen) atoms. The second-order valence-electron chi connectivity index (χ2n) is 6.40. The van der Waals surface area contributed by atoms with E-state index in [1.54, 1.807) is 28.6 Å². The Hall–Kier alpha value is -3.06. The summed E-state index contributed by atoms with van der Waals surface area (Å²) in [5.41, 5.74) is 2.56. The van der Waals surface area contributed by atoms with Gasteiger partial charge in [-0.1, -0.05) is 6.07 Å². The lowest BCUT2D eigenvalue weighted by atomic mass is 10.1. The molecule has 3 aromatic rings. The molecule has 2 amide bonds. The fourth-order valence-electron chi connectivity index (χ4n) is 3.09. The van der Waals surface area contributed by atoms with Gasteiger partial charge in [-0.15, -0.1) is 11.3 Å². The van der Waals surface area contributed by atoms with E-state index in [2.05, 4.69) is 15.3 Å². The third-order valence-corrected chi connectivity index (χ3v) is 5.32. The van der Waals surface area contributed by atoms with Crippen LogP contribution in [0.3, 0.4) is 0 Å². The van der Waals surface area contributed by atoms with Gasteiger partial charge in [-0.2, -0.15) is 0 Å². The van der Waals surface area contributed by atoms with Gasteiger partial charge in [0.2, 0.25) is 11.8 Å². The maximum absolute atomic E-state index is 12.6. The number of benzene rings is 1. The average Bonchev–Trinajstić information content (AvgIpc) is 3.34. The number of pyridine rings is 1. The van der Waals surface area contributed by atoms with Crippen LogP contribution < -0.4 is 5.32 Å². The molecule has 1 aliphatic heterocycles. The number of hydrogen-bond acceptors (Lipinski definition) is 5. The molecular formula is C20H18N4O2S. The maximum atomic E-state index is 12.6. The highest BCUT2D eigenvalue weighted by Gasteiger charge is 2.34. The first-order chi connectivity index (χ1) is 13.2. The van der Waals surface area contributed by atoms with Gasteiger partial charge in [0, 0.05) is 42.0 Å². The molecule has 0 spiro atoms. The van der Waals surface area contributed by atoms with Crippen LogP contribution in [0.1, 0.15) is 12.1 Å². The van der Waals surface area contributed by atoms with Gasteiger partial charge in [0.25, 0.3) is 0 Å². The van der Waals surface area contributed by atoms with Crippen molar-refractivity contribution in [2.75, 3.05) is 11.9 Å². The van der Waals surface area contributed by atoms with E-state index in [4.69, 9.17) is 0 Å². The van der Waals surface area contributed by atoms with E-state index in [0.717, 1.165) is 22.0 Å². The molecule has 7 heteroatoms. The Morgan fingerprint density at radius 1 is 1.15 bits per heavy atom. The van der Waals surface area contributed by atoms with Crippen LogP contribution in [0.15, 0.2) is 60.2 Å². The third kappa shape index (κ3) is 4.03. The van der Waals surface area contributed by atoms with Crippen molar-refractivity contribution in [1.82, 2.24) is 14.9 Å². The Labute approximate surface area is 160 Å². The molecular weight excluding hydrogens is 360 g/mol. The number of aromatic nitrogens is 2. The Morgan fingerprint density at radius 3 is 2.70 bits per heavy atom. The molecule has 0 aliphatic carbocycles. The topological polar surface area (TPSA) is 75.2 Å². The number of nitrogens with one attached hydrogen (secondary N) is 1. The number of nitrogens with zero attached hydrogens (tertiary/aromatic N) is 3. The first-order valence-corrected chi connectivity index (χ1v) is 9.55. The molecule has 0 radical (unpaired) electrons. The molecule has 1 saturated heterocycles. The number of carbonyl (C=O) groups is 2. The molecule has 3 heterocycles. The summed E-state index contributed by atoms with van der Waals surface area (Å²) in [5.74, 6) is -0.492. The van der Waals surface area contributed by atoms with Gasteiger partial charge < -0.3 is 10.2 Å². The summed E-state index contributed by atoms with van der Waals surface area (Å²) in [7, 11) is 0. The molecule has 0 bridgehead atoms. The second kappa shape index (κ2) is 7.67. The minimum Gasteiger partial charge on any atom is -0.336 e. The highest BCUT2D eigenvalue weighted by atomic mass is 32.1. The largest absolute Gasteiger partial charge is 0.336 e. The summed E-state index contributed by atoms with van der Waals surface area (Å²) in [5, 5.41) is 5.78. The average molecular weight is 378 g/mol. The standard InChI is InChI=1S/C20H18N4O2S/c25-18-11-15(12-24(18)13-17-3-1-2-8-21-17)19(26)23-16-6-4-14(5-7-16)20-22-9-10-27-20/h1-10,15H,11-13H2,(H,23,26). The van der Waals surface area contributed by atoms with Crippen molar-refractivity contribution in [3.8, 4) is 10.6 Å². The highest BCUT2D eigenvalue weighted by molar-refractivity contribution is 7.13. The first-order valence-electron chi connectivity index (χ1n) is 8.67. The second-order valence-corrected chi connectivity index (χ2v) is 7.29. The Morgan fingerprint density at radius 2 is 2.00 bits per heavy atom. The summed E-state index contributed by atoms with van der Waals surface area (Å²) in [6, 6.07) is 13.2. The molecule has 2 aromatic heterocycles. The molecule has 136 valence electrons. The van der Waals surface area contributed by atoms with Gasteiger partial charge in [-0.05, 0) is 36.4 Å². The number of rotatable bonds is 5. The summed E-state index contributed by atoms with van der Waals surface area (Å²) in [4.78, 5) is 35.0. The van der Waals surface area contributed by atoms with Crippen LogP contribution in [0.25, 0.3) is 10.6 Å². The number of anilines is 1. The lowest BCUT2D eigenvalue weighted by molar-refractivity contribution is -0.128. The lowest BCUT2D eigenvalue weighted by Crippen LogP contribution is -2.28. The van der Waals surface area contributed by atoms with E-state index in [0.29, 0.717) is 13.1 Å². The van der Waals surface area contributed by atoms with Crippen LogP contribution in [-0.4, -0.2) is 33.2 Å². The van der Waals surface area contributed by atoms with Crippen molar-refractivity contribution >= 4 is 28.8 Å². The molecule has 1 atom stereocenters. The van der Waals surface area contributed by atoms with E-state index in [1.807, 2.05) is 47.8 Å². The molecule has 6 nitrogen and oxygen atoms in total. The number of likely N-dealkylation sites (tertiary alicyclic amines) is 1. The van der Waals surface area contributed by atoms with Gasteiger partial charge >= 0.3 is 0 Å². The zero-order valence-corrected chi connectivity index (χ0v) is 15.4. The fraction of sp³-hybridized carbons (Fsp3) is 0.200. The van der Waals surface area contributed by atoms with E-state index in [-0.39, 0.29) is 24.2 Å². The Balaban J connectivity index is 1.36. The minimum absolute atomic E-state index is 0.0140. The zero-order chi connectivity index (χ0) is 18.6. The highest BCUT2D eigenvalue weighted by Crippen LogP contribution is 2.25. The zero-order valence-electron chi connectivity index (χ0n) is 14.5. The normalized spacial score (nSPS) is 16.5. The van der Waals surface area contributed by atoms with E-state index >= 15 is 0 Å². The number of amides is 2. The van der Waals surface area contributed by atoms with Crippen LogP contribution in [0.4, 0.5) is 5.69 Å². The number of hydrogen-bond donors (Lipinski definition) is 1. The summed E-state index contributed by atoms with van der Waals surface area (Å²) in [6.45, 7) is 0.852. The van der Waals surface area contributed by atoms with Crippen LogP contribution in [0.2, 0.25) is 0 Å².